The van der Waals surface area contributed by atoms with E-state index in [0.717, 1.165) is 22.5 Å². The zero-order valence-electron chi connectivity index (χ0n) is 12.3. The van der Waals surface area contributed by atoms with Crippen LogP contribution in [0, 0.1) is 12.8 Å². The molecule has 106 valence electrons. The van der Waals surface area contributed by atoms with Crippen molar-refractivity contribution in [3.8, 4) is 0 Å². The highest BCUT2D eigenvalue weighted by molar-refractivity contribution is 5.77. The molecule has 1 unspecified atom stereocenters. The van der Waals surface area contributed by atoms with Gasteiger partial charge in [0.1, 0.15) is 0 Å². The van der Waals surface area contributed by atoms with E-state index in [2.05, 4.69) is 9.97 Å². The lowest BCUT2D eigenvalue weighted by atomic mass is 10.1. The van der Waals surface area contributed by atoms with Crippen molar-refractivity contribution < 1.29 is 9.53 Å². The summed E-state index contributed by atoms with van der Waals surface area (Å²) in [7, 11) is 3.31. The van der Waals surface area contributed by atoms with Gasteiger partial charge in [-0.2, -0.15) is 0 Å². The Morgan fingerprint density at radius 1 is 1.30 bits per heavy atom. The van der Waals surface area contributed by atoms with Gasteiger partial charge in [-0.25, -0.2) is 9.97 Å². The van der Waals surface area contributed by atoms with Crippen molar-refractivity contribution in [2.24, 2.45) is 5.92 Å². The van der Waals surface area contributed by atoms with Crippen LogP contribution in [-0.2, 0) is 9.53 Å². The molecule has 0 bridgehead atoms. The van der Waals surface area contributed by atoms with Crippen LogP contribution in [0.1, 0.15) is 12.6 Å². The van der Waals surface area contributed by atoms with Crippen molar-refractivity contribution in [1.82, 2.24) is 9.97 Å². The number of benzene rings is 1. The van der Waals surface area contributed by atoms with Crippen LogP contribution < -0.4 is 4.90 Å². The molecule has 0 spiro atoms. The van der Waals surface area contributed by atoms with Crippen molar-refractivity contribution in [3.05, 3.63) is 30.0 Å². The number of esters is 1. The molecular formula is C15H19N3O2. The highest BCUT2D eigenvalue weighted by Crippen LogP contribution is 2.19. The van der Waals surface area contributed by atoms with E-state index in [9.17, 15) is 4.79 Å². The molecule has 1 heterocycles. The van der Waals surface area contributed by atoms with Crippen LogP contribution in [-0.4, -0.2) is 36.6 Å². The second-order valence-electron chi connectivity index (χ2n) is 4.93. The standard InChI is InChI=1S/C15H19N3O2/c1-10(15(19)20-4)9-18(3)14-11(2)16-12-7-5-6-8-13(12)17-14/h5-8,10H,9H2,1-4H3. The molecule has 0 saturated heterocycles. The molecule has 0 N–H and O–H groups in total. The number of fused-ring (bicyclic) bond motifs is 1. The summed E-state index contributed by atoms with van der Waals surface area (Å²) in [5, 5.41) is 0. The molecule has 0 aliphatic carbocycles. The Kier molecular flexibility index (Phi) is 4.17. The maximum atomic E-state index is 11.5. The quantitative estimate of drug-likeness (QED) is 0.799. The number of hydrogen-bond donors (Lipinski definition) is 0. The van der Waals surface area contributed by atoms with E-state index < -0.39 is 0 Å². The summed E-state index contributed by atoms with van der Waals surface area (Å²) in [5.74, 6) is 0.361. The van der Waals surface area contributed by atoms with Crippen molar-refractivity contribution in [2.75, 3.05) is 25.6 Å². The number of carbonyl (C=O) groups excluding carboxylic acids is 1. The van der Waals surface area contributed by atoms with Gasteiger partial charge in [0.2, 0.25) is 0 Å². The number of hydrogen-bond acceptors (Lipinski definition) is 5. The van der Waals surface area contributed by atoms with Crippen LogP contribution >= 0.6 is 0 Å². The SMILES string of the molecule is COC(=O)C(C)CN(C)c1nc2ccccc2nc1C. The molecule has 0 aliphatic rings. The van der Waals surface area contributed by atoms with Gasteiger partial charge < -0.3 is 9.64 Å². The molecule has 0 radical (unpaired) electrons. The van der Waals surface area contributed by atoms with Crippen molar-refractivity contribution >= 4 is 22.8 Å². The number of aryl methyl sites for hydroxylation is 1. The summed E-state index contributed by atoms with van der Waals surface area (Å²) in [6, 6.07) is 7.76. The van der Waals surface area contributed by atoms with Crippen molar-refractivity contribution in [1.29, 1.82) is 0 Å². The van der Waals surface area contributed by atoms with E-state index in [4.69, 9.17) is 4.74 Å². The molecular weight excluding hydrogens is 254 g/mol. The van der Waals surface area contributed by atoms with Crippen LogP contribution in [0.4, 0.5) is 5.82 Å². The monoisotopic (exact) mass is 273 g/mol. The first-order chi connectivity index (χ1) is 9.52. The van der Waals surface area contributed by atoms with Crippen LogP contribution in [0.15, 0.2) is 24.3 Å². The third-order valence-electron chi connectivity index (χ3n) is 3.23. The Labute approximate surface area is 118 Å². The molecule has 1 aromatic carbocycles. The molecule has 5 nitrogen and oxygen atoms in total. The van der Waals surface area contributed by atoms with Crippen LogP contribution in [0.2, 0.25) is 0 Å². The maximum absolute atomic E-state index is 11.5. The molecule has 1 aromatic heterocycles. The van der Waals surface area contributed by atoms with E-state index >= 15 is 0 Å². The first kappa shape index (κ1) is 14.2. The normalized spacial score (nSPS) is 12.2. The molecule has 0 aliphatic heterocycles. The lowest BCUT2D eigenvalue weighted by molar-refractivity contribution is -0.144. The number of rotatable bonds is 4. The number of carbonyl (C=O) groups is 1. The number of methoxy groups -OCH3 is 1. The van der Waals surface area contributed by atoms with Gasteiger partial charge in [0.25, 0.3) is 0 Å². The van der Waals surface area contributed by atoms with Crippen LogP contribution in [0.3, 0.4) is 0 Å². The maximum Gasteiger partial charge on any atom is 0.310 e. The number of nitrogens with zero attached hydrogens (tertiary/aromatic N) is 3. The molecule has 5 heteroatoms. The molecule has 0 amide bonds. The van der Waals surface area contributed by atoms with E-state index in [1.807, 2.05) is 50.1 Å². The fraction of sp³-hybridized carbons (Fsp3) is 0.400. The minimum Gasteiger partial charge on any atom is -0.469 e. The second kappa shape index (κ2) is 5.86. The first-order valence-electron chi connectivity index (χ1n) is 6.55. The summed E-state index contributed by atoms with van der Waals surface area (Å²) >= 11 is 0. The number of ether oxygens (including phenoxy) is 1. The minimum atomic E-state index is -0.219. The summed E-state index contributed by atoms with van der Waals surface area (Å²) in [6.07, 6.45) is 0. The lowest BCUT2D eigenvalue weighted by Crippen LogP contribution is -2.30. The van der Waals surface area contributed by atoms with Gasteiger partial charge in [-0.05, 0) is 19.1 Å². The molecule has 0 fully saturated rings. The van der Waals surface area contributed by atoms with Gasteiger partial charge in [0.15, 0.2) is 5.82 Å². The van der Waals surface area contributed by atoms with Crippen LogP contribution in [0.25, 0.3) is 11.0 Å². The summed E-state index contributed by atoms with van der Waals surface area (Å²) in [6.45, 7) is 4.31. The van der Waals surface area contributed by atoms with Gasteiger partial charge >= 0.3 is 5.97 Å². The Morgan fingerprint density at radius 3 is 2.50 bits per heavy atom. The first-order valence-corrected chi connectivity index (χ1v) is 6.55. The van der Waals surface area contributed by atoms with Gasteiger partial charge in [0.05, 0.1) is 29.8 Å². The lowest BCUT2D eigenvalue weighted by Gasteiger charge is -2.22. The fourth-order valence-electron chi connectivity index (χ4n) is 2.21. The number of para-hydroxylation sites is 2. The van der Waals surface area contributed by atoms with Crippen molar-refractivity contribution in [3.63, 3.8) is 0 Å². The minimum absolute atomic E-state index is 0.210. The summed E-state index contributed by atoms with van der Waals surface area (Å²) in [5.41, 5.74) is 2.58. The second-order valence-corrected chi connectivity index (χ2v) is 4.93. The largest absolute Gasteiger partial charge is 0.469 e. The van der Waals surface area contributed by atoms with Gasteiger partial charge in [0, 0.05) is 13.6 Å². The van der Waals surface area contributed by atoms with Gasteiger partial charge in [-0.15, -0.1) is 0 Å². The Morgan fingerprint density at radius 2 is 1.90 bits per heavy atom. The zero-order valence-corrected chi connectivity index (χ0v) is 12.3. The Hall–Kier alpha value is -2.17. The number of anilines is 1. The van der Waals surface area contributed by atoms with E-state index in [1.165, 1.54) is 7.11 Å². The smallest absolute Gasteiger partial charge is 0.310 e. The topological polar surface area (TPSA) is 55.3 Å². The van der Waals surface area contributed by atoms with E-state index in [0.29, 0.717) is 6.54 Å². The zero-order chi connectivity index (χ0) is 14.7. The van der Waals surface area contributed by atoms with Gasteiger partial charge in [-0.3, -0.25) is 4.79 Å². The number of aromatic nitrogens is 2. The molecule has 2 rings (SSSR count). The third kappa shape index (κ3) is 2.87. The predicted molar refractivity (Wildman–Crippen MR) is 78.7 cm³/mol. The molecule has 1 atom stereocenters. The summed E-state index contributed by atoms with van der Waals surface area (Å²) < 4.78 is 4.75. The average Bonchev–Trinajstić information content (AvgIpc) is 2.45. The van der Waals surface area contributed by atoms with E-state index in [-0.39, 0.29) is 11.9 Å². The molecule has 2 aromatic rings. The van der Waals surface area contributed by atoms with Gasteiger partial charge in [-0.1, -0.05) is 19.1 Å². The molecule has 0 saturated carbocycles. The fourth-order valence-corrected chi connectivity index (χ4v) is 2.21. The average molecular weight is 273 g/mol. The van der Waals surface area contributed by atoms with E-state index in [1.54, 1.807) is 0 Å². The molecule has 20 heavy (non-hydrogen) atoms. The summed E-state index contributed by atoms with van der Waals surface area (Å²) in [4.78, 5) is 22.6. The van der Waals surface area contributed by atoms with Crippen molar-refractivity contribution in [2.45, 2.75) is 13.8 Å². The highest BCUT2D eigenvalue weighted by atomic mass is 16.5. The Balaban J connectivity index is 2.27. The predicted octanol–water partition coefficient (Wildman–Crippen LogP) is 2.18. The highest BCUT2D eigenvalue weighted by Gasteiger charge is 2.18. The third-order valence-corrected chi connectivity index (χ3v) is 3.23. The van der Waals surface area contributed by atoms with Crippen LogP contribution in [0.5, 0.6) is 0 Å². The Bertz CT molecular complexity index is 628.